The van der Waals surface area contributed by atoms with Gasteiger partial charge in [-0.2, -0.15) is 9.61 Å². The number of benzene rings is 2. The van der Waals surface area contributed by atoms with Crippen molar-refractivity contribution < 1.29 is 4.79 Å². The minimum absolute atomic E-state index is 0.110. The predicted octanol–water partition coefficient (Wildman–Crippen LogP) is 3.66. The number of hydrogen-bond acceptors (Lipinski definition) is 5. The SMILES string of the molecule is O=C(NCc1nn2c(C3CC3)nnc2s1)c1cccc(-c2ccccc2)c1. The van der Waals surface area contributed by atoms with Crippen LogP contribution in [0.2, 0.25) is 0 Å². The molecule has 1 fully saturated rings. The number of hydrogen-bond donors (Lipinski definition) is 1. The number of aromatic nitrogens is 4. The van der Waals surface area contributed by atoms with E-state index in [1.54, 1.807) is 0 Å². The van der Waals surface area contributed by atoms with E-state index >= 15 is 0 Å². The first-order chi connectivity index (χ1) is 13.3. The van der Waals surface area contributed by atoms with Crippen molar-refractivity contribution in [2.45, 2.75) is 25.3 Å². The summed E-state index contributed by atoms with van der Waals surface area (Å²) in [6.07, 6.45) is 2.31. The molecule has 2 heterocycles. The van der Waals surface area contributed by atoms with E-state index in [0.717, 1.165) is 39.8 Å². The first kappa shape index (κ1) is 16.1. The molecule has 0 radical (unpaired) electrons. The minimum Gasteiger partial charge on any atom is -0.345 e. The molecule has 0 bridgehead atoms. The van der Waals surface area contributed by atoms with Gasteiger partial charge in [-0.15, -0.1) is 10.2 Å². The lowest BCUT2D eigenvalue weighted by molar-refractivity contribution is 0.0951. The molecule has 0 atom stereocenters. The third-order valence-electron chi connectivity index (χ3n) is 4.63. The zero-order chi connectivity index (χ0) is 18.2. The van der Waals surface area contributed by atoms with Crippen LogP contribution >= 0.6 is 11.3 Å². The first-order valence-electron chi connectivity index (χ1n) is 8.92. The number of amides is 1. The number of carbonyl (C=O) groups excluding carboxylic acids is 1. The third kappa shape index (κ3) is 3.21. The van der Waals surface area contributed by atoms with E-state index in [-0.39, 0.29) is 5.91 Å². The van der Waals surface area contributed by atoms with Crippen molar-refractivity contribution >= 4 is 22.2 Å². The van der Waals surface area contributed by atoms with Crippen LogP contribution in [0.15, 0.2) is 54.6 Å². The van der Waals surface area contributed by atoms with Crippen molar-refractivity contribution in [2.24, 2.45) is 0 Å². The Labute approximate surface area is 159 Å². The van der Waals surface area contributed by atoms with Gasteiger partial charge in [-0.25, -0.2) is 0 Å². The van der Waals surface area contributed by atoms with E-state index in [0.29, 0.717) is 18.0 Å². The fourth-order valence-electron chi connectivity index (χ4n) is 3.07. The summed E-state index contributed by atoms with van der Waals surface area (Å²) >= 11 is 1.46. The molecule has 134 valence electrons. The Hall–Kier alpha value is -3.06. The van der Waals surface area contributed by atoms with Gasteiger partial charge in [-0.1, -0.05) is 53.8 Å². The number of carbonyl (C=O) groups is 1. The quantitative estimate of drug-likeness (QED) is 0.578. The van der Waals surface area contributed by atoms with E-state index in [9.17, 15) is 4.79 Å². The highest BCUT2D eigenvalue weighted by molar-refractivity contribution is 7.16. The van der Waals surface area contributed by atoms with E-state index < -0.39 is 0 Å². The highest BCUT2D eigenvalue weighted by Crippen LogP contribution is 2.39. The van der Waals surface area contributed by atoms with Crippen molar-refractivity contribution in [3.05, 3.63) is 71.0 Å². The molecule has 0 aliphatic heterocycles. The van der Waals surface area contributed by atoms with Crippen LogP contribution in [-0.2, 0) is 6.54 Å². The average Bonchev–Trinajstić information content (AvgIpc) is 3.36. The van der Waals surface area contributed by atoms with Crippen LogP contribution in [-0.4, -0.2) is 25.7 Å². The molecule has 4 aromatic rings. The highest BCUT2D eigenvalue weighted by atomic mass is 32.1. The van der Waals surface area contributed by atoms with Crippen LogP contribution in [0.1, 0.15) is 39.9 Å². The van der Waals surface area contributed by atoms with Crippen LogP contribution in [0.4, 0.5) is 0 Å². The van der Waals surface area contributed by atoms with Crippen molar-refractivity contribution in [2.75, 3.05) is 0 Å². The standard InChI is InChI=1S/C20H17N5OS/c26-19(16-8-4-7-15(11-16)13-5-2-1-3-6-13)21-12-17-24-25-18(14-9-10-14)22-23-20(25)27-17/h1-8,11,14H,9-10,12H2,(H,21,26). The van der Waals surface area contributed by atoms with Crippen LogP contribution < -0.4 is 5.32 Å². The highest BCUT2D eigenvalue weighted by Gasteiger charge is 2.30. The lowest BCUT2D eigenvalue weighted by atomic mass is 10.0. The summed E-state index contributed by atoms with van der Waals surface area (Å²) in [5.41, 5.74) is 2.75. The van der Waals surface area contributed by atoms with Gasteiger partial charge in [0.1, 0.15) is 5.01 Å². The molecular weight excluding hydrogens is 358 g/mol. The Balaban J connectivity index is 1.31. The second-order valence-corrected chi connectivity index (χ2v) is 7.69. The summed E-state index contributed by atoms with van der Waals surface area (Å²) in [6.45, 7) is 0.381. The van der Waals surface area contributed by atoms with Gasteiger partial charge in [-0.05, 0) is 36.1 Å². The lowest BCUT2D eigenvalue weighted by Crippen LogP contribution is -2.22. The molecule has 1 aliphatic rings. The van der Waals surface area contributed by atoms with E-state index in [4.69, 9.17) is 0 Å². The second kappa shape index (κ2) is 6.59. The fourth-order valence-corrected chi connectivity index (χ4v) is 3.85. The molecule has 7 heteroatoms. The molecule has 27 heavy (non-hydrogen) atoms. The molecular formula is C20H17N5OS. The molecule has 0 spiro atoms. The largest absolute Gasteiger partial charge is 0.345 e. The zero-order valence-corrected chi connectivity index (χ0v) is 15.3. The molecule has 0 unspecified atom stereocenters. The number of nitrogens with one attached hydrogen (secondary N) is 1. The summed E-state index contributed by atoms with van der Waals surface area (Å²) in [5.74, 6) is 1.32. The van der Waals surface area contributed by atoms with E-state index in [1.165, 1.54) is 11.3 Å². The lowest BCUT2D eigenvalue weighted by Gasteiger charge is -2.06. The summed E-state index contributed by atoms with van der Waals surface area (Å²) in [5, 5.41) is 16.7. The molecule has 6 nitrogen and oxygen atoms in total. The third-order valence-corrected chi connectivity index (χ3v) is 5.53. The number of fused-ring (bicyclic) bond motifs is 1. The van der Waals surface area contributed by atoms with Gasteiger partial charge in [0.15, 0.2) is 5.82 Å². The van der Waals surface area contributed by atoms with Crippen molar-refractivity contribution in [1.82, 2.24) is 25.1 Å². The minimum atomic E-state index is -0.110. The Kier molecular flexibility index (Phi) is 3.94. The molecule has 2 aromatic heterocycles. The molecule has 5 rings (SSSR count). The maximum absolute atomic E-state index is 12.6. The number of rotatable bonds is 5. The summed E-state index contributed by atoms with van der Waals surface area (Å²) in [7, 11) is 0. The zero-order valence-electron chi connectivity index (χ0n) is 14.5. The molecule has 2 aromatic carbocycles. The van der Waals surface area contributed by atoms with Crippen LogP contribution in [0.3, 0.4) is 0 Å². The molecule has 1 aliphatic carbocycles. The van der Waals surface area contributed by atoms with Gasteiger partial charge in [0.05, 0.1) is 6.54 Å². The topological polar surface area (TPSA) is 72.2 Å². The van der Waals surface area contributed by atoms with Gasteiger partial charge >= 0.3 is 0 Å². The van der Waals surface area contributed by atoms with Crippen molar-refractivity contribution in [1.29, 1.82) is 0 Å². The predicted molar refractivity (Wildman–Crippen MR) is 104 cm³/mol. The summed E-state index contributed by atoms with van der Waals surface area (Å²) in [4.78, 5) is 13.4. The maximum atomic E-state index is 12.6. The fraction of sp³-hybridized carbons (Fsp3) is 0.200. The Morgan fingerprint density at radius 2 is 1.89 bits per heavy atom. The van der Waals surface area contributed by atoms with Crippen molar-refractivity contribution in [3.8, 4) is 11.1 Å². The van der Waals surface area contributed by atoms with E-state index in [2.05, 4.69) is 20.6 Å². The number of nitrogens with zero attached hydrogens (tertiary/aromatic N) is 4. The van der Waals surface area contributed by atoms with Crippen LogP contribution in [0, 0.1) is 0 Å². The maximum Gasteiger partial charge on any atom is 0.251 e. The Bertz CT molecular complexity index is 1110. The average molecular weight is 375 g/mol. The Morgan fingerprint density at radius 1 is 1.07 bits per heavy atom. The van der Waals surface area contributed by atoms with Gasteiger partial charge in [0, 0.05) is 11.5 Å². The Morgan fingerprint density at radius 3 is 2.70 bits per heavy atom. The van der Waals surface area contributed by atoms with Gasteiger partial charge in [0.2, 0.25) is 4.96 Å². The van der Waals surface area contributed by atoms with Crippen molar-refractivity contribution in [3.63, 3.8) is 0 Å². The van der Waals surface area contributed by atoms with Gasteiger partial charge in [-0.3, -0.25) is 4.79 Å². The second-order valence-electron chi connectivity index (χ2n) is 6.65. The monoisotopic (exact) mass is 375 g/mol. The first-order valence-corrected chi connectivity index (χ1v) is 9.74. The van der Waals surface area contributed by atoms with Crippen LogP contribution in [0.5, 0.6) is 0 Å². The molecule has 1 N–H and O–H groups in total. The summed E-state index contributed by atoms with van der Waals surface area (Å²) in [6, 6.07) is 17.7. The van der Waals surface area contributed by atoms with Crippen LogP contribution in [0.25, 0.3) is 16.1 Å². The normalized spacial score (nSPS) is 13.8. The van der Waals surface area contributed by atoms with E-state index in [1.807, 2.05) is 59.1 Å². The smallest absolute Gasteiger partial charge is 0.251 e. The molecule has 0 saturated heterocycles. The molecule has 1 amide bonds. The van der Waals surface area contributed by atoms with Gasteiger partial charge < -0.3 is 5.32 Å². The summed E-state index contributed by atoms with van der Waals surface area (Å²) < 4.78 is 1.82. The van der Waals surface area contributed by atoms with Gasteiger partial charge in [0.25, 0.3) is 5.91 Å². The molecule has 1 saturated carbocycles.